The van der Waals surface area contributed by atoms with E-state index in [1.165, 1.54) is 0 Å². The van der Waals surface area contributed by atoms with Crippen LogP contribution < -0.4 is 5.48 Å². The van der Waals surface area contributed by atoms with E-state index in [4.69, 9.17) is 0 Å². The third kappa shape index (κ3) is 5.88. The van der Waals surface area contributed by atoms with Gasteiger partial charge in [-0.2, -0.15) is 0 Å². The molecule has 0 aliphatic heterocycles. The maximum Gasteiger partial charge on any atom is 0.108 e. The smallest absolute Gasteiger partial charge is 0.108 e. The zero-order chi connectivity index (χ0) is 5.54. The van der Waals surface area contributed by atoms with Gasteiger partial charge in [-0.05, 0) is 0 Å². The lowest BCUT2D eigenvalue weighted by molar-refractivity contribution is 0.00446. The van der Waals surface area contributed by atoms with Crippen LogP contribution in [0.5, 0.6) is 0 Å². The van der Waals surface area contributed by atoms with Crippen LogP contribution in [-0.4, -0.2) is 19.8 Å². The van der Waals surface area contributed by atoms with Gasteiger partial charge in [0.05, 0.1) is 6.61 Å². The second-order valence-corrected chi connectivity index (χ2v) is 1.05. The Kier molecular flexibility index (Phi) is 5.78. The Morgan fingerprint density at radius 1 is 1.71 bits per heavy atom. The second kappa shape index (κ2) is 5.88. The molecule has 0 unspecified atom stereocenters. The fourth-order valence-corrected chi connectivity index (χ4v) is 0.216. The van der Waals surface area contributed by atoms with E-state index in [0.29, 0.717) is 0 Å². The van der Waals surface area contributed by atoms with Crippen molar-refractivity contribution in [3.63, 3.8) is 0 Å². The van der Waals surface area contributed by atoms with Crippen LogP contribution >= 0.6 is 0 Å². The van der Waals surface area contributed by atoms with Crippen molar-refractivity contribution in [2.75, 3.05) is 19.8 Å². The lowest BCUT2D eigenvalue weighted by atomic mass is 10.8. The molecule has 0 aromatic carbocycles. The summed E-state index contributed by atoms with van der Waals surface area (Å²) in [5.74, 6) is 0. The summed E-state index contributed by atoms with van der Waals surface area (Å²) in [5, 5.41) is 9.64. The summed E-state index contributed by atoms with van der Waals surface area (Å²) in [5.41, 5.74) is 2.55. The molecule has 1 N–H and O–H groups in total. The van der Waals surface area contributed by atoms with Crippen molar-refractivity contribution in [3.05, 3.63) is 0 Å². The first-order valence-electron chi connectivity index (χ1n) is 2.34. The van der Waals surface area contributed by atoms with Crippen molar-refractivity contribution < 1.29 is 9.94 Å². The van der Waals surface area contributed by atoms with Gasteiger partial charge < -0.3 is 0 Å². The quantitative estimate of drug-likeness (QED) is 0.401. The van der Waals surface area contributed by atoms with Crippen LogP contribution in [0.4, 0.5) is 0 Å². The van der Waals surface area contributed by atoms with Gasteiger partial charge >= 0.3 is 0 Å². The van der Waals surface area contributed by atoms with Crippen LogP contribution in [0.3, 0.4) is 0 Å². The van der Waals surface area contributed by atoms with Gasteiger partial charge in [0.2, 0.25) is 0 Å². The zero-order valence-corrected chi connectivity index (χ0v) is 4.44. The number of hydrogen-bond acceptors (Lipinski definition) is 2. The molecule has 3 nitrogen and oxygen atoms in total. The van der Waals surface area contributed by atoms with Crippen molar-refractivity contribution >= 4 is 0 Å². The highest BCUT2D eigenvalue weighted by molar-refractivity contribution is 4.18. The van der Waals surface area contributed by atoms with Gasteiger partial charge in [-0.1, -0.05) is 6.92 Å². The van der Waals surface area contributed by atoms with E-state index in [0.717, 1.165) is 6.54 Å². The van der Waals surface area contributed by atoms with Crippen LogP contribution in [-0.2, 0) is 9.94 Å². The van der Waals surface area contributed by atoms with E-state index in [1.54, 1.807) is 0 Å². The minimum Gasteiger partial charge on any atom is -0.299 e. The predicted molar refractivity (Wildman–Crippen MR) is 25.2 cm³/mol. The molecule has 0 saturated heterocycles. The SMILES string of the molecule is CCNOCC[O]. The average molecular weight is 104 g/mol. The second-order valence-electron chi connectivity index (χ2n) is 1.05. The summed E-state index contributed by atoms with van der Waals surface area (Å²) in [4.78, 5) is 4.57. The summed E-state index contributed by atoms with van der Waals surface area (Å²) < 4.78 is 0. The van der Waals surface area contributed by atoms with Gasteiger partial charge in [0.15, 0.2) is 0 Å². The fraction of sp³-hybridized carbons (Fsp3) is 1.00. The fourth-order valence-electron chi connectivity index (χ4n) is 0.216. The van der Waals surface area contributed by atoms with Gasteiger partial charge in [-0.25, -0.2) is 10.6 Å². The first-order chi connectivity index (χ1) is 3.41. The summed E-state index contributed by atoms with van der Waals surface area (Å²) in [6, 6.07) is 0. The Bertz CT molecular complexity index is 28.9. The normalized spacial score (nSPS) is 9.43. The van der Waals surface area contributed by atoms with Crippen molar-refractivity contribution in [1.29, 1.82) is 0 Å². The lowest BCUT2D eigenvalue weighted by Crippen LogP contribution is -2.15. The van der Waals surface area contributed by atoms with Crippen LogP contribution in [0.15, 0.2) is 0 Å². The Hall–Kier alpha value is -0.120. The number of hydroxylamine groups is 1. The number of rotatable bonds is 4. The predicted octanol–water partition coefficient (Wildman–Crippen LogP) is -0.0420. The third-order valence-electron chi connectivity index (χ3n) is 0.432. The Morgan fingerprint density at radius 3 is 2.86 bits per heavy atom. The molecule has 0 aliphatic rings. The molecular weight excluding hydrogens is 94.0 g/mol. The standard InChI is InChI=1S/C4H10NO2/c1-2-5-7-4-3-6/h5H,2-4H2,1H3. The minimum absolute atomic E-state index is 0.174. The van der Waals surface area contributed by atoms with E-state index in [2.05, 4.69) is 10.3 Å². The zero-order valence-electron chi connectivity index (χ0n) is 4.44. The Balaban J connectivity index is 2.45. The van der Waals surface area contributed by atoms with Crippen LogP contribution in [0.1, 0.15) is 6.92 Å². The van der Waals surface area contributed by atoms with E-state index in [1.807, 2.05) is 6.92 Å². The van der Waals surface area contributed by atoms with Gasteiger partial charge in [-0.3, -0.25) is 4.84 Å². The van der Waals surface area contributed by atoms with Crippen molar-refractivity contribution in [3.8, 4) is 0 Å². The summed E-state index contributed by atoms with van der Waals surface area (Å²) in [7, 11) is 0. The maximum absolute atomic E-state index is 9.64. The summed E-state index contributed by atoms with van der Waals surface area (Å²) in [6.45, 7) is 2.74. The van der Waals surface area contributed by atoms with Gasteiger partial charge in [0.25, 0.3) is 0 Å². The molecule has 0 spiro atoms. The molecule has 1 radical (unpaired) electrons. The summed E-state index contributed by atoms with van der Waals surface area (Å²) >= 11 is 0. The van der Waals surface area contributed by atoms with E-state index in [9.17, 15) is 5.11 Å². The molecular formula is C4H10NO2. The third-order valence-corrected chi connectivity index (χ3v) is 0.432. The van der Waals surface area contributed by atoms with Crippen molar-refractivity contribution in [1.82, 2.24) is 5.48 Å². The molecule has 0 aromatic rings. The topological polar surface area (TPSA) is 41.2 Å². The molecule has 0 bridgehead atoms. The molecule has 3 heteroatoms. The molecule has 0 heterocycles. The summed E-state index contributed by atoms with van der Waals surface area (Å²) in [6.07, 6.45) is 0. The lowest BCUT2D eigenvalue weighted by Gasteiger charge is -1.96. The Morgan fingerprint density at radius 2 is 2.43 bits per heavy atom. The first-order valence-corrected chi connectivity index (χ1v) is 2.34. The van der Waals surface area contributed by atoms with Crippen molar-refractivity contribution in [2.45, 2.75) is 6.92 Å². The maximum atomic E-state index is 9.64. The van der Waals surface area contributed by atoms with Crippen LogP contribution in [0.2, 0.25) is 0 Å². The number of nitrogens with one attached hydrogen (secondary N) is 1. The van der Waals surface area contributed by atoms with E-state index in [-0.39, 0.29) is 13.2 Å². The average Bonchev–Trinajstić information content (AvgIpc) is 1.69. The van der Waals surface area contributed by atoms with Gasteiger partial charge in [0, 0.05) is 6.54 Å². The van der Waals surface area contributed by atoms with Crippen molar-refractivity contribution in [2.24, 2.45) is 0 Å². The highest BCUT2D eigenvalue weighted by Gasteiger charge is 1.78. The molecule has 0 saturated carbocycles. The minimum atomic E-state index is -0.174. The van der Waals surface area contributed by atoms with E-state index >= 15 is 0 Å². The number of hydrogen-bond donors (Lipinski definition) is 1. The molecule has 0 amide bonds. The van der Waals surface area contributed by atoms with Crippen LogP contribution in [0, 0.1) is 0 Å². The molecule has 7 heavy (non-hydrogen) atoms. The van der Waals surface area contributed by atoms with E-state index < -0.39 is 0 Å². The molecule has 0 atom stereocenters. The van der Waals surface area contributed by atoms with Crippen LogP contribution in [0.25, 0.3) is 0 Å². The Labute approximate surface area is 43.2 Å². The molecule has 0 fully saturated rings. The largest absolute Gasteiger partial charge is 0.299 e. The highest BCUT2D eigenvalue weighted by Crippen LogP contribution is 1.62. The first kappa shape index (κ1) is 6.88. The highest BCUT2D eigenvalue weighted by atomic mass is 16.6. The monoisotopic (exact) mass is 104 g/mol. The van der Waals surface area contributed by atoms with Gasteiger partial charge in [-0.15, -0.1) is 0 Å². The molecule has 0 aromatic heterocycles. The molecule has 43 valence electrons. The molecule has 0 rings (SSSR count). The van der Waals surface area contributed by atoms with Gasteiger partial charge in [0.1, 0.15) is 6.61 Å². The molecule has 0 aliphatic carbocycles.